The molecule has 1 aromatic heterocycles. The van der Waals surface area contributed by atoms with Gasteiger partial charge in [0.15, 0.2) is 0 Å². The van der Waals surface area contributed by atoms with Crippen LogP contribution in [0.4, 0.5) is 5.69 Å². The zero-order valence-corrected chi connectivity index (χ0v) is 11.3. The third kappa shape index (κ3) is 3.51. The third-order valence-electron chi connectivity index (χ3n) is 2.96. The van der Waals surface area contributed by atoms with Gasteiger partial charge in [-0.05, 0) is 37.7 Å². The number of fused-ring (bicyclic) bond motifs is 1. The maximum Gasteiger partial charge on any atom is 0.225 e. The van der Waals surface area contributed by atoms with E-state index in [1.54, 1.807) is 6.20 Å². The van der Waals surface area contributed by atoms with E-state index in [4.69, 9.17) is 0 Å². The molecule has 1 unspecified atom stereocenters. The molecule has 1 amide bonds. The van der Waals surface area contributed by atoms with E-state index < -0.39 is 0 Å². The van der Waals surface area contributed by atoms with E-state index in [2.05, 4.69) is 15.6 Å². The molecule has 4 nitrogen and oxygen atoms in total. The van der Waals surface area contributed by atoms with Crippen LogP contribution in [0.2, 0.25) is 0 Å². The number of carbonyl (C=O) groups excluding carboxylic acids is 1. The lowest BCUT2D eigenvalue weighted by atomic mass is 10.1. The lowest BCUT2D eigenvalue weighted by molar-refractivity contribution is -0.116. The number of rotatable bonds is 5. The Morgan fingerprint density at radius 2 is 2.16 bits per heavy atom. The molecule has 0 aliphatic heterocycles. The second-order valence-electron chi connectivity index (χ2n) is 4.59. The van der Waals surface area contributed by atoms with Crippen LogP contribution in [0.3, 0.4) is 0 Å². The Hall–Kier alpha value is -1.94. The summed E-state index contributed by atoms with van der Waals surface area (Å²) in [7, 11) is 0. The van der Waals surface area contributed by atoms with Gasteiger partial charge in [-0.15, -0.1) is 0 Å². The molecule has 1 atom stereocenters. The van der Waals surface area contributed by atoms with Gasteiger partial charge in [-0.1, -0.05) is 13.0 Å². The first-order valence-corrected chi connectivity index (χ1v) is 6.57. The molecule has 19 heavy (non-hydrogen) atoms. The molecule has 0 radical (unpaired) electrons. The first kappa shape index (κ1) is 13.5. The van der Waals surface area contributed by atoms with Crippen molar-refractivity contribution in [3.63, 3.8) is 0 Å². The van der Waals surface area contributed by atoms with Crippen molar-refractivity contribution in [2.24, 2.45) is 0 Å². The van der Waals surface area contributed by atoms with Gasteiger partial charge in [0.1, 0.15) is 0 Å². The van der Waals surface area contributed by atoms with E-state index in [1.807, 2.05) is 44.2 Å². The van der Waals surface area contributed by atoms with Crippen LogP contribution < -0.4 is 10.6 Å². The minimum atomic E-state index is 0.0183. The van der Waals surface area contributed by atoms with Crippen LogP contribution in [0.1, 0.15) is 20.3 Å². The van der Waals surface area contributed by atoms with Crippen molar-refractivity contribution < 1.29 is 4.79 Å². The summed E-state index contributed by atoms with van der Waals surface area (Å²) in [6, 6.07) is 9.76. The second-order valence-corrected chi connectivity index (χ2v) is 4.59. The van der Waals surface area contributed by atoms with Crippen molar-refractivity contribution in [2.45, 2.75) is 26.3 Å². The van der Waals surface area contributed by atoms with Crippen molar-refractivity contribution in [3.8, 4) is 0 Å². The number of hydrogen-bond donors (Lipinski definition) is 2. The fraction of sp³-hybridized carbons (Fsp3) is 0.333. The molecule has 2 aromatic rings. The fourth-order valence-corrected chi connectivity index (χ4v) is 2.11. The quantitative estimate of drug-likeness (QED) is 0.865. The molecule has 0 fully saturated rings. The molecule has 1 heterocycles. The van der Waals surface area contributed by atoms with Gasteiger partial charge in [0.2, 0.25) is 5.91 Å². The van der Waals surface area contributed by atoms with Gasteiger partial charge in [0, 0.05) is 24.0 Å². The molecule has 0 aliphatic carbocycles. The average molecular weight is 257 g/mol. The van der Waals surface area contributed by atoms with Crippen molar-refractivity contribution >= 4 is 22.5 Å². The number of nitrogens with zero attached hydrogens (tertiary/aromatic N) is 1. The number of anilines is 1. The molecule has 4 heteroatoms. The van der Waals surface area contributed by atoms with Gasteiger partial charge in [0.25, 0.3) is 0 Å². The molecule has 1 aromatic carbocycles. The van der Waals surface area contributed by atoms with Gasteiger partial charge < -0.3 is 10.6 Å². The Balaban J connectivity index is 2.11. The third-order valence-corrected chi connectivity index (χ3v) is 2.96. The highest BCUT2D eigenvalue weighted by Gasteiger charge is 2.09. The van der Waals surface area contributed by atoms with Crippen LogP contribution in [0.25, 0.3) is 10.9 Å². The highest BCUT2D eigenvalue weighted by Crippen LogP contribution is 2.21. The second kappa shape index (κ2) is 6.29. The van der Waals surface area contributed by atoms with E-state index >= 15 is 0 Å². The molecular formula is C15H19N3O. The largest absolute Gasteiger partial charge is 0.325 e. The lowest BCUT2D eigenvalue weighted by Gasteiger charge is -2.13. The van der Waals surface area contributed by atoms with Crippen LogP contribution in [-0.2, 0) is 4.79 Å². The first-order chi connectivity index (χ1) is 9.20. The van der Waals surface area contributed by atoms with E-state index in [9.17, 15) is 4.79 Å². The van der Waals surface area contributed by atoms with Crippen LogP contribution in [-0.4, -0.2) is 23.5 Å². The summed E-state index contributed by atoms with van der Waals surface area (Å²) in [5.74, 6) is 0.0183. The van der Waals surface area contributed by atoms with Crippen molar-refractivity contribution in [3.05, 3.63) is 36.5 Å². The number of amides is 1. The standard InChI is InChI=1S/C15H19N3O/c1-3-16-11(2)10-15(19)18-14-8-4-7-13-12(14)6-5-9-17-13/h4-9,11,16H,3,10H2,1-2H3,(H,18,19). The summed E-state index contributed by atoms with van der Waals surface area (Å²) in [5, 5.41) is 7.15. The predicted octanol–water partition coefficient (Wildman–Crippen LogP) is 2.56. The summed E-state index contributed by atoms with van der Waals surface area (Å²) >= 11 is 0. The van der Waals surface area contributed by atoms with Gasteiger partial charge in [-0.25, -0.2) is 0 Å². The average Bonchev–Trinajstić information content (AvgIpc) is 2.39. The maximum atomic E-state index is 12.0. The molecule has 0 saturated carbocycles. The van der Waals surface area contributed by atoms with Crippen molar-refractivity contribution in [1.29, 1.82) is 0 Å². The Bertz CT molecular complexity index is 563. The predicted molar refractivity (Wildman–Crippen MR) is 78.1 cm³/mol. The highest BCUT2D eigenvalue weighted by atomic mass is 16.1. The normalized spacial score (nSPS) is 12.3. The van der Waals surface area contributed by atoms with Gasteiger partial charge in [0.05, 0.1) is 11.2 Å². The number of pyridine rings is 1. The molecule has 0 aliphatic rings. The molecule has 2 N–H and O–H groups in total. The molecule has 0 spiro atoms. The molecule has 0 bridgehead atoms. The Morgan fingerprint density at radius 1 is 1.32 bits per heavy atom. The summed E-state index contributed by atoms with van der Waals surface area (Å²) in [5.41, 5.74) is 1.71. The summed E-state index contributed by atoms with van der Waals surface area (Å²) < 4.78 is 0. The minimum absolute atomic E-state index is 0.0183. The van der Waals surface area contributed by atoms with Crippen molar-refractivity contribution in [1.82, 2.24) is 10.3 Å². The lowest BCUT2D eigenvalue weighted by Crippen LogP contribution is -2.30. The summed E-state index contributed by atoms with van der Waals surface area (Å²) in [6.07, 6.45) is 2.21. The van der Waals surface area contributed by atoms with Crippen molar-refractivity contribution in [2.75, 3.05) is 11.9 Å². The van der Waals surface area contributed by atoms with Crippen LogP contribution in [0, 0.1) is 0 Å². The number of aromatic nitrogens is 1. The van der Waals surface area contributed by atoms with Gasteiger partial charge >= 0.3 is 0 Å². The SMILES string of the molecule is CCNC(C)CC(=O)Nc1cccc2ncccc12. The Morgan fingerprint density at radius 3 is 2.95 bits per heavy atom. The molecule has 2 rings (SSSR count). The number of benzene rings is 1. The summed E-state index contributed by atoms with van der Waals surface area (Å²) in [4.78, 5) is 16.2. The van der Waals surface area contributed by atoms with Crippen LogP contribution >= 0.6 is 0 Å². The Labute approximate surface area is 113 Å². The topological polar surface area (TPSA) is 54.0 Å². The van der Waals surface area contributed by atoms with Crippen LogP contribution in [0.5, 0.6) is 0 Å². The maximum absolute atomic E-state index is 12.0. The zero-order valence-electron chi connectivity index (χ0n) is 11.3. The number of hydrogen-bond acceptors (Lipinski definition) is 3. The Kier molecular flexibility index (Phi) is 4.47. The molecule has 100 valence electrons. The zero-order chi connectivity index (χ0) is 13.7. The monoisotopic (exact) mass is 257 g/mol. The first-order valence-electron chi connectivity index (χ1n) is 6.57. The van der Waals surface area contributed by atoms with E-state index in [0.29, 0.717) is 6.42 Å². The smallest absolute Gasteiger partial charge is 0.225 e. The fourth-order valence-electron chi connectivity index (χ4n) is 2.11. The van der Waals surface area contributed by atoms with E-state index in [1.165, 1.54) is 0 Å². The number of carbonyl (C=O) groups is 1. The van der Waals surface area contributed by atoms with Gasteiger partial charge in [-0.2, -0.15) is 0 Å². The van der Waals surface area contributed by atoms with Gasteiger partial charge in [-0.3, -0.25) is 9.78 Å². The number of nitrogens with one attached hydrogen (secondary N) is 2. The summed E-state index contributed by atoms with van der Waals surface area (Å²) in [6.45, 7) is 4.91. The highest BCUT2D eigenvalue weighted by molar-refractivity contribution is 6.01. The van der Waals surface area contributed by atoms with E-state index in [-0.39, 0.29) is 11.9 Å². The molecule has 0 saturated heterocycles. The van der Waals surface area contributed by atoms with E-state index in [0.717, 1.165) is 23.1 Å². The van der Waals surface area contributed by atoms with Crippen LogP contribution in [0.15, 0.2) is 36.5 Å². The molecular weight excluding hydrogens is 238 g/mol. The minimum Gasteiger partial charge on any atom is -0.325 e.